The summed E-state index contributed by atoms with van der Waals surface area (Å²) in [5.41, 5.74) is -0.286. The van der Waals surface area contributed by atoms with Gasteiger partial charge in [-0.25, -0.2) is 0 Å². The van der Waals surface area contributed by atoms with Crippen LogP contribution in [0.3, 0.4) is 0 Å². The van der Waals surface area contributed by atoms with Crippen molar-refractivity contribution in [2.24, 2.45) is 0 Å². The van der Waals surface area contributed by atoms with E-state index in [9.17, 15) is 18.0 Å². The summed E-state index contributed by atoms with van der Waals surface area (Å²) in [6, 6.07) is 26.3. The number of ether oxygens (including phenoxy) is 1. The number of rotatable bonds is 10. The van der Waals surface area contributed by atoms with Crippen LogP contribution in [0.1, 0.15) is 52.5 Å². The van der Waals surface area contributed by atoms with E-state index in [4.69, 9.17) is 4.74 Å². The number of nitrogens with one attached hydrogen (secondary N) is 1. The molecule has 1 heterocycles. The lowest BCUT2D eigenvalue weighted by Gasteiger charge is -2.36. The Labute approximate surface area is 220 Å². The monoisotopic (exact) mass is 518 g/mol. The van der Waals surface area contributed by atoms with Crippen molar-refractivity contribution >= 4 is 5.91 Å². The van der Waals surface area contributed by atoms with Gasteiger partial charge in [0, 0.05) is 18.2 Å². The molecule has 4 rings (SSSR count). The molecule has 0 spiro atoms. The van der Waals surface area contributed by atoms with Crippen molar-refractivity contribution in [3.8, 4) is 5.75 Å². The summed E-state index contributed by atoms with van der Waals surface area (Å²) in [4.78, 5) is 18.2. The fraction of sp³-hybridized carbons (Fsp3) is 0.226. The largest absolute Gasteiger partial charge is 0.494 e. The molecule has 3 aromatic carbocycles. The van der Waals surface area contributed by atoms with E-state index in [0.717, 1.165) is 30.5 Å². The topological polar surface area (TPSA) is 51.2 Å². The molecule has 0 aliphatic rings. The van der Waals surface area contributed by atoms with Gasteiger partial charge in [0.15, 0.2) is 0 Å². The van der Waals surface area contributed by atoms with Gasteiger partial charge in [-0.05, 0) is 66.1 Å². The van der Waals surface area contributed by atoms with Gasteiger partial charge in [-0.2, -0.15) is 13.2 Å². The molecular weight excluding hydrogens is 489 g/mol. The van der Waals surface area contributed by atoms with Crippen molar-refractivity contribution in [2.45, 2.75) is 37.9 Å². The van der Waals surface area contributed by atoms with Gasteiger partial charge in [-0.1, -0.05) is 61.9 Å². The molecule has 0 saturated carbocycles. The van der Waals surface area contributed by atoms with Gasteiger partial charge in [-0.3, -0.25) is 9.78 Å². The lowest BCUT2D eigenvalue weighted by molar-refractivity contribution is -0.137. The van der Waals surface area contributed by atoms with Crippen LogP contribution < -0.4 is 10.1 Å². The summed E-state index contributed by atoms with van der Waals surface area (Å²) in [7, 11) is 0. The fourth-order valence-electron chi connectivity index (χ4n) is 4.30. The Morgan fingerprint density at radius 2 is 1.58 bits per heavy atom. The summed E-state index contributed by atoms with van der Waals surface area (Å²) in [6.07, 6.45) is -0.859. The van der Waals surface area contributed by atoms with Crippen molar-refractivity contribution in [1.29, 1.82) is 0 Å². The minimum atomic E-state index is -4.55. The van der Waals surface area contributed by atoms with Gasteiger partial charge in [-0.15, -0.1) is 0 Å². The van der Waals surface area contributed by atoms with Crippen molar-refractivity contribution < 1.29 is 22.7 Å². The Hall–Kier alpha value is -4.13. The average Bonchev–Trinajstić information content (AvgIpc) is 2.94. The number of hydrogen-bond acceptors (Lipinski definition) is 3. The molecule has 1 unspecified atom stereocenters. The maximum atomic E-state index is 13.7. The van der Waals surface area contributed by atoms with Crippen molar-refractivity contribution in [1.82, 2.24) is 10.3 Å². The van der Waals surface area contributed by atoms with Gasteiger partial charge < -0.3 is 10.1 Å². The predicted octanol–water partition coefficient (Wildman–Crippen LogP) is 7.20. The molecular formula is C31H29F3N2O2. The lowest BCUT2D eigenvalue weighted by atomic mass is 9.79. The molecule has 38 heavy (non-hydrogen) atoms. The molecule has 1 aromatic heterocycles. The van der Waals surface area contributed by atoms with E-state index < -0.39 is 23.2 Å². The van der Waals surface area contributed by atoms with E-state index in [1.165, 1.54) is 6.07 Å². The van der Waals surface area contributed by atoms with E-state index >= 15 is 0 Å². The number of halogens is 3. The zero-order valence-corrected chi connectivity index (χ0v) is 21.0. The predicted molar refractivity (Wildman–Crippen MR) is 141 cm³/mol. The molecule has 1 amide bonds. The molecule has 1 N–H and O–H groups in total. The minimum Gasteiger partial charge on any atom is -0.494 e. The molecule has 4 aromatic rings. The van der Waals surface area contributed by atoms with Crippen LogP contribution in [-0.2, 0) is 18.1 Å². The number of nitrogens with zero attached hydrogens (tertiary/aromatic N) is 1. The SMILES string of the molecule is CCCCOc1ccc(C(=O)NC(Cc2ccccc2)(c2cccc(C(F)(F)F)c2)c2ccccn2)cc1. The van der Waals surface area contributed by atoms with Crippen LogP contribution in [0.4, 0.5) is 13.2 Å². The second-order valence-corrected chi connectivity index (χ2v) is 9.04. The number of alkyl halides is 3. The first kappa shape index (κ1) is 26.9. The number of carbonyl (C=O) groups excluding carboxylic acids is 1. The first-order valence-corrected chi connectivity index (χ1v) is 12.5. The Kier molecular flexibility index (Phi) is 8.46. The quantitative estimate of drug-likeness (QED) is 0.226. The Balaban J connectivity index is 1.79. The van der Waals surface area contributed by atoms with E-state index in [2.05, 4.69) is 17.2 Å². The second-order valence-electron chi connectivity index (χ2n) is 9.04. The third-order valence-corrected chi connectivity index (χ3v) is 6.31. The van der Waals surface area contributed by atoms with E-state index in [1.54, 1.807) is 54.7 Å². The van der Waals surface area contributed by atoms with Crippen LogP contribution >= 0.6 is 0 Å². The number of amides is 1. The van der Waals surface area contributed by atoms with E-state index in [-0.39, 0.29) is 12.0 Å². The highest BCUT2D eigenvalue weighted by Crippen LogP contribution is 2.37. The van der Waals surface area contributed by atoms with Crippen LogP contribution in [0.5, 0.6) is 5.75 Å². The highest BCUT2D eigenvalue weighted by molar-refractivity contribution is 5.95. The summed E-state index contributed by atoms with van der Waals surface area (Å²) in [5, 5.41) is 3.07. The smallest absolute Gasteiger partial charge is 0.416 e. The Morgan fingerprint density at radius 3 is 2.24 bits per heavy atom. The molecule has 1 atom stereocenters. The standard InChI is InChI=1S/C31H29F3N2O2/c1-2-3-20-38-27-17-15-24(16-18-27)29(37)36-30(28-14-7-8-19-35-28,22-23-10-5-4-6-11-23)25-12-9-13-26(21-25)31(32,33)34/h4-19,21H,2-3,20,22H2,1H3,(H,36,37). The number of carbonyl (C=O) groups is 1. The van der Waals surface area contributed by atoms with Gasteiger partial charge in [0.25, 0.3) is 5.91 Å². The maximum Gasteiger partial charge on any atom is 0.416 e. The zero-order valence-electron chi connectivity index (χ0n) is 21.0. The summed E-state index contributed by atoms with van der Waals surface area (Å²) in [6.45, 7) is 2.65. The Morgan fingerprint density at radius 1 is 0.868 bits per heavy atom. The minimum absolute atomic E-state index is 0.191. The summed E-state index contributed by atoms with van der Waals surface area (Å²) < 4.78 is 46.9. The van der Waals surface area contributed by atoms with Crippen molar-refractivity contribution in [3.63, 3.8) is 0 Å². The van der Waals surface area contributed by atoms with E-state index in [0.29, 0.717) is 23.6 Å². The second kappa shape index (κ2) is 11.9. The fourth-order valence-corrected chi connectivity index (χ4v) is 4.30. The molecule has 0 radical (unpaired) electrons. The molecule has 0 bridgehead atoms. The van der Waals surface area contributed by atoms with Gasteiger partial charge in [0.05, 0.1) is 17.9 Å². The molecule has 0 saturated heterocycles. The number of benzene rings is 3. The van der Waals surface area contributed by atoms with Crippen molar-refractivity contribution in [2.75, 3.05) is 6.61 Å². The molecule has 0 aliphatic heterocycles. The van der Waals surface area contributed by atoms with Gasteiger partial charge in [0.2, 0.25) is 0 Å². The normalized spacial score (nSPS) is 12.9. The third kappa shape index (κ3) is 6.40. The molecule has 196 valence electrons. The molecule has 0 aliphatic carbocycles. The molecule has 7 heteroatoms. The Bertz CT molecular complexity index is 1330. The van der Waals surface area contributed by atoms with Crippen LogP contribution in [0, 0.1) is 0 Å². The van der Waals surface area contributed by atoms with Crippen molar-refractivity contribution in [3.05, 3.63) is 131 Å². The first-order chi connectivity index (χ1) is 18.3. The van der Waals surface area contributed by atoms with Crippen LogP contribution in [0.15, 0.2) is 103 Å². The maximum absolute atomic E-state index is 13.7. The summed E-state index contributed by atoms with van der Waals surface area (Å²) >= 11 is 0. The number of unbranched alkanes of at least 4 members (excludes halogenated alkanes) is 1. The average molecular weight is 519 g/mol. The first-order valence-electron chi connectivity index (χ1n) is 12.5. The molecule has 4 nitrogen and oxygen atoms in total. The van der Waals surface area contributed by atoms with Crippen LogP contribution in [0.2, 0.25) is 0 Å². The van der Waals surface area contributed by atoms with Gasteiger partial charge in [0.1, 0.15) is 11.3 Å². The van der Waals surface area contributed by atoms with Crippen LogP contribution in [-0.4, -0.2) is 17.5 Å². The number of pyridine rings is 1. The van der Waals surface area contributed by atoms with Gasteiger partial charge >= 0.3 is 6.18 Å². The number of aromatic nitrogens is 1. The third-order valence-electron chi connectivity index (χ3n) is 6.31. The zero-order chi connectivity index (χ0) is 27.0. The number of hydrogen-bond donors (Lipinski definition) is 1. The molecule has 0 fully saturated rings. The van der Waals surface area contributed by atoms with E-state index in [1.807, 2.05) is 30.3 Å². The highest BCUT2D eigenvalue weighted by Gasteiger charge is 2.40. The highest BCUT2D eigenvalue weighted by atomic mass is 19.4. The lowest BCUT2D eigenvalue weighted by Crippen LogP contribution is -2.49. The summed E-state index contributed by atoms with van der Waals surface area (Å²) in [5.74, 6) is 0.206. The van der Waals surface area contributed by atoms with Crippen LogP contribution in [0.25, 0.3) is 0 Å².